The topological polar surface area (TPSA) is 84.2 Å². The van der Waals surface area contributed by atoms with Crippen molar-refractivity contribution < 1.29 is 9.59 Å². The van der Waals surface area contributed by atoms with Gasteiger partial charge < -0.3 is 16.4 Å². The van der Waals surface area contributed by atoms with Gasteiger partial charge in [0, 0.05) is 12.2 Å². The second-order valence-electron chi connectivity index (χ2n) is 6.17. The Morgan fingerprint density at radius 2 is 1.67 bits per heavy atom. The van der Waals surface area contributed by atoms with E-state index in [0.717, 1.165) is 30.4 Å². The Labute approximate surface area is 141 Å². The minimum atomic E-state index is -0.592. The zero-order valence-electron chi connectivity index (χ0n) is 13.4. The van der Waals surface area contributed by atoms with Gasteiger partial charge in [0.25, 0.3) is 0 Å². The van der Waals surface area contributed by atoms with E-state index in [0.29, 0.717) is 12.2 Å². The third kappa shape index (κ3) is 3.25. The van der Waals surface area contributed by atoms with Gasteiger partial charge in [0.1, 0.15) is 0 Å². The zero-order valence-corrected chi connectivity index (χ0v) is 13.4. The second-order valence-corrected chi connectivity index (χ2v) is 6.17. The van der Waals surface area contributed by atoms with E-state index in [4.69, 9.17) is 5.73 Å². The van der Waals surface area contributed by atoms with Gasteiger partial charge in [0.15, 0.2) is 0 Å². The Hall–Kier alpha value is -2.82. The molecule has 5 heteroatoms. The van der Waals surface area contributed by atoms with Crippen molar-refractivity contribution in [1.82, 2.24) is 5.32 Å². The summed E-state index contributed by atoms with van der Waals surface area (Å²) in [4.78, 5) is 23.6. The fourth-order valence-electron chi connectivity index (χ4n) is 3.13. The smallest absolute Gasteiger partial charge is 0.316 e. The summed E-state index contributed by atoms with van der Waals surface area (Å²) >= 11 is 0. The van der Waals surface area contributed by atoms with Crippen molar-refractivity contribution in [3.63, 3.8) is 0 Å². The molecule has 4 N–H and O–H groups in total. The average Bonchev–Trinajstić information content (AvgIpc) is 2.54. The molecule has 2 aromatic carbocycles. The Morgan fingerprint density at radius 3 is 2.21 bits per heavy atom. The molecular weight excluding hydrogens is 302 g/mol. The molecule has 1 aliphatic rings. The van der Waals surface area contributed by atoms with Gasteiger partial charge in [0.2, 0.25) is 5.91 Å². The van der Waals surface area contributed by atoms with Gasteiger partial charge in [-0.3, -0.25) is 4.79 Å². The van der Waals surface area contributed by atoms with Crippen LogP contribution in [0.3, 0.4) is 0 Å². The van der Waals surface area contributed by atoms with Gasteiger partial charge in [0.05, 0.1) is 5.41 Å². The predicted octanol–water partition coefficient (Wildman–Crippen LogP) is 2.92. The number of carbonyl (C=O) groups is 2. The summed E-state index contributed by atoms with van der Waals surface area (Å²) in [6.45, 7) is 0.463. The van der Waals surface area contributed by atoms with Crippen molar-refractivity contribution in [3.05, 3.63) is 65.7 Å². The van der Waals surface area contributed by atoms with Crippen LogP contribution in [0.1, 0.15) is 30.4 Å². The van der Waals surface area contributed by atoms with Gasteiger partial charge in [-0.15, -0.1) is 0 Å². The molecule has 0 bridgehead atoms. The van der Waals surface area contributed by atoms with E-state index in [9.17, 15) is 9.59 Å². The number of nitrogens with two attached hydrogens (primary N) is 1. The number of hydrogen-bond acceptors (Lipinski definition) is 2. The molecule has 1 aliphatic carbocycles. The van der Waals surface area contributed by atoms with Crippen molar-refractivity contribution in [2.24, 2.45) is 5.73 Å². The molecule has 5 nitrogen and oxygen atoms in total. The summed E-state index contributed by atoms with van der Waals surface area (Å²) in [7, 11) is 0. The molecule has 1 fully saturated rings. The van der Waals surface area contributed by atoms with Gasteiger partial charge >= 0.3 is 6.03 Å². The molecule has 0 radical (unpaired) electrons. The summed E-state index contributed by atoms with van der Waals surface area (Å²) in [6, 6.07) is 16.7. The highest BCUT2D eigenvalue weighted by atomic mass is 16.2. The minimum Gasteiger partial charge on any atom is -0.351 e. The number of primary amides is 1. The fourth-order valence-corrected chi connectivity index (χ4v) is 3.13. The molecule has 0 aliphatic heterocycles. The maximum Gasteiger partial charge on any atom is 0.316 e. The van der Waals surface area contributed by atoms with Crippen LogP contribution in [0.2, 0.25) is 0 Å². The van der Waals surface area contributed by atoms with Crippen molar-refractivity contribution >= 4 is 17.6 Å². The van der Waals surface area contributed by atoms with Crippen LogP contribution in [0.5, 0.6) is 0 Å². The first-order valence-corrected chi connectivity index (χ1v) is 8.09. The number of urea groups is 1. The largest absolute Gasteiger partial charge is 0.351 e. The lowest BCUT2D eigenvalue weighted by atomic mass is 9.64. The summed E-state index contributed by atoms with van der Waals surface area (Å²) in [5.41, 5.74) is 7.40. The average molecular weight is 323 g/mol. The van der Waals surface area contributed by atoms with E-state index in [2.05, 4.69) is 10.6 Å². The van der Waals surface area contributed by atoms with Gasteiger partial charge in [-0.25, -0.2) is 4.79 Å². The monoisotopic (exact) mass is 323 g/mol. The Kier molecular flexibility index (Phi) is 4.51. The zero-order chi connectivity index (χ0) is 17.0. The van der Waals surface area contributed by atoms with Crippen molar-refractivity contribution in [2.45, 2.75) is 31.2 Å². The highest BCUT2D eigenvalue weighted by Crippen LogP contribution is 2.43. The maximum absolute atomic E-state index is 12.7. The standard InChI is InChI=1S/C19H21N3O2/c20-18(24)22-16-9-7-14(8-10-16)13-21-17(23)19(11-4-12-19)15-5-2-1-3-6-15/h1-3,5-10H,4,11-13H2,(H,21,23)(H3,20,22,24). The van der Waals surface area contributed by atoms with Crippen LogP contribution >= 0.6 is 0 Å². The molecule has 0 spiro atoms. The molecule has 0 atom stereocenters. The third-order valence-electron chi connectivity index (χ3n) is 4.64. The van der Waals surface area contributed by atoms with Crippen LogP contribution in [0, 0.1) is 0 Å². The molecule has 124 valence electrons. The molecule has 24 heavy (non-hydrogen) atoms. The summed E-state index contributed by atoms with van der Waals surface area (Å²) in [5.74, 6) is 0.0827. The van der Waals surface area contributed by atoms with E-state index in [-0.39, 0.29) is 11.3 Å². The summed E-state index contributed by atoms with van der Waals surface area (Å²) in [5, 5.41) is 5.56. The molecular formula is C19H21N3O2. The van der Waals surface area contributed by atoms with Crippen molar-refractivity contribution in [3.8, 4) is 0 Å². The number of hydrogen-bond donors (Lipinski definition) is 3. The fraction of sp³-hybridized carbons (Fsp3) is 0.263. The molecule has 3 rings (SSSR count). The molecule has 0 saturated heterocycles. The lowest BCUT2D eigenvalue weighted by molar-refractivity contribution is -0.130. The van der Waals surface area contributed by atoms with Crippen molar-refractivity contribution in [1.29, 1.82) is 0 Å². The van der Waals surface area contributed by atoms with Crippen LogP contribution in [0.15, 0.2) is 54.6 Å². The number of carbonyl (C=O) groups excluding carboxylic acids is 2. The highest BCUT2D eigenvalue weighted by molar-refractivity contribution is 5.89. The van der Waals surface area contributed by atoms with E-state index < -0.39 is 6.03 Å². The molecule has 0 aromatic heterocycles. The van der Waals surface area contributed by atoms with Crippen LogP contribution in [0.4, 0.5) is 10.5 Å². The lowest BCUT2D eigenvalue weighted by Gasteiger charge is -2.40. The lowest BCUT2D eigenvalue weighted by Crippen LogP contribution is -2.48. The van der Waals surface area contributed by atoms with Crippen LogP contribution < -0.4 is 16.4 Å². The van der Waals surface area contributed by atoms with Gasteiger partial charge in [-0.2, -0.15) is 0 Å². The number of amides is 3. The highest BCUT2D eigenvalue weighted by Gasteiger charge is 2.45. The van der Waals surface area contributed by atoms with Gasteiger partial charge in [-0.1, -0.05) is 48.9 Å². The Bertz CT molecular complexity index is 722. The van der Waals surface area contributed by atoms with E-state index in [1.54, 1.807) is 12.1 Å². The normalized spacial score (nSPS) is 15.2. The van der Waals surface area contributed by atoms with E-state index in [1.165, 1.54) is 0 Å². The molecule has 1 saturated carbocycles. The first kappa shape index (κ1) is 16.1. The first-order chi connectivity index (χ1) is 11.6. The first-order valence-electron chi connectivity index (χ1n) is 8.09. The summed E-state index contributed by atoms with van der Waals surface area (Å²) in [6.07, 6.45) is 2.87. The van der Waals surface area contributed by atoms with E-state index in [1.807, 2.05) is 42.5 Å². The number of anilines is 1. The van der Waals surface area contributed by atoms with Crippen LogP contribution in [-0.4, -0.2) is 11.9 Å². The minimum absolute atomic E-state index is 0.0827. The van der Waals surface area contributed by atoms with E-state index >= 15 is 0 Å². The van der Waals surface area contributed by atoms with Crippen molar-refractivity contribution in [2.75, 3.05) is 5.32 Å². The molecule has 0 heterocycles. The molecule has 0 unspecified atom stereocenters. The molecule has 2 aromatic rings. The van der Waals surface area contributed by atoms with Crippen LogP contribution in [-0.2, 0) is 16.8 Å². The second kappa shape index (κ2) is 6.74. The number of nitrogens with one attached hydrogen (secondary N) is 2. The quantitative estimate of drug-likeness (QED) is 0.790. The Balaban J connectivity index is 1.63. The number of rotatable bonds is 5. The predicted molar refractivity (Wildman–Crippen MR) is 93.5 cm³/mol. The van der Waals surface area contributed by atoms with Crippen LogP contribution in [0.25, 0.3) is 0 Å². The SMILES string of the molecule is NC(=O)Nc1ccc(CNC(=O)C2(c3ccccc3)CCC2)cc1. The summed E-state index contributed by atoms with van der Waals surface area (Å²) < 4.78 is 0. The number of benzene rings is 2. The maximum atomic E-state index is 12.7. The molecule has 3 amide bonds. The third-order valence-corrected chi connectivity index (χ3v) is 4.64. The Morgan fingerprint density at radius 1 is 1.00 bits per heavy atom. The van der Waals surface area contributed by atoms with Gasteiger partial charge in [-0.05, 0) is 36.1 Å².